The van der Waals surface area contributed by atoms with Crippen LogP contribution >= 0.6 is 0 Å². The van der Waals surface area contributed by atoms with Crippen LogP contribution in [0.15, 0.2) is 66.0 Å². The van der Waals surface area contributed by atoms with Crippen LogP contribution in [0.25, 0.3) is 11.3 Å². The zero-order valence-electron chi connectivity index (χ0n) is 13.3. The molecule has 3 aromatic rings. The van der Waals surface area contributed by atoms with E-state index in [1.165, 1.54) is 12.1 Å². The van der Waals surface area contributed by atoms with E-state index in [1.54, 1.807) is 30.7 Å². The zero-order chi connectivity index (χ0) is 17.7. The third-order valence-corrected chi connectivity index (χ3v) is 4.49. The quantitative estimate of drug-likeness (QED) is 0.698. The van der Waals surface area contributed by atoms with Gasteiger partial charge in [0.25, 0.3) is 0 Å². The van der Waals surface area contributed by atoms with Crippen LogP contribution in [0.5, 0.6) is 0 Å². The lowest BCUT2D eigenvalue weighted by atomic mass is 10.1. The molecule has 0 aliphatic rings. The predicted octanol–water partition coefficient (Wildman–Crippen LogP) is 1.84. The molecule has 128 valence electrons. The molecule has 8 heteroatoms. The van der Waals surface area contributed by atoms with Crippen molar-refractivity contribution in [1.29, 1.82) is 0 Å². The number of primary sulfonamides is 1. The standard InChI is InChI=1S/C17H17N5O2S/c18-25(23,24)15-5-3-13(4-6-15)7-10-20-17-21-11-8-16(22-17)14-2-1-9-19-12-14/h1-6,8-9,11-12H,7,10H2,(H2,18,23,24)(H,20,21,22). The molecule has 0 bridgehead atoms. The minimum atomic E-state index is -3.65. The predicted molar refractivity (Wildman–Crippen MR) is 95.3 cm³/mol. The molecule has 2 aromatic heterocycles. The summed E-state index contributed by atoms with van der Waals surface area (Å²) in [6, 6.07) is 12.1. The first-order chi connectivity index (χ1) is 12.0. The smallest absolute Gasteiger partial charge is 0.238 e. The summed E-state index contributed by atoms with van der Waals surface area (Å²) in [6.45, 7) is 0.616. The SMILES string of the molecule is NS(=O)(=O)c1ccc(CCNc2nccc(-c3cccnc3)n2)cc1. The molecule has 0 atom stereocenters. The Labute approximate surface area is 146 Å². The van der Waals surface area contributed by atoms with E-state index in [9.17, 15) is 8.42 Å². The molecule has 0 amide bonds. The maximum absolute atomic E-state index is 11.2. The Morgan fingerprint density at radius 2 is 1.84 bits per heavy atom. The second-order valence-corrected chi connectivity index (χ2v) is 6.93. The van der Waals surface area contributed by atoms with Gasteiger partial charge in [0.05, 0.1) is 10.6 Å². The summed E-state index contributed by atoms with van der Waals surface area (Å²) in [6.07, 6.45) is 5.86. The van der Waals surface area contributed by atoms with E-state index >= 15 is 0 Å². The van der Waals surface area contributed by atoms with Crippen LogP contribution in [-0.4, -0.2) is 29.9 Å². The van der Waals surface area contributed by atoms with Crippen LogP contribution in [0.1, 0.15) is 5.56 Å². The van der Waals surface area contributed by atoms with Crippen LogP contribution in [-0.2, 0) is 16.4 Å². The maximum atomic E-state index is 11.2. The number of nitrogens with zero attached hydrogens (tertiary/aromatic N) is 3. The van der Waals surface area contributed by atoms with Gasteiger partial charge in [-0.2, -0.15) is 0 Å². The number of sulfonamides is 1. The van der Waals surface area contributed by atoms with Gasteiger partial charge in [-0.25, -0.2) is 23.5 Å². The highest BCUT2D eigenvalue weighted by Crippen LogP contribution is 2.16. The first-order valence-corrected chi connectivity index (χ1v) is 9.16. The maximum Gasteiger partial charge on any atom is 0.238 e. The Hall–Kier alpha value is -2.84. The summed E-state index contributed by atoms with van der Waals surface area (Å²) >= 11 is 0. The first-order valence-electron chi connectivity index (χ1n) is 7.61. The van der Waals surface area contributed by atoms with Crippen molar-refractivity contribution in [3.8, 4) is 11.3 Å². The molecule has 0 aliphatic heterocycles. The van der Waals surface area contributed by atoms with E-state index in [0.29, 0.717) is 18.9 Å². The van der Waals surface area contributed by atoms with Gasteiger partial charge in [0.1, 0.15) is 0 Å². The van der Waals surface area contributed by atoms with Crippen molar-refractivity contribution in [2.75, 3.05) is 11.9 Å². The van der Waals surface area contributed by atoms with E-state index < -0.39 is 10.0 Å². The lowest BCUT2D eigenvalue weighted by Gasteiger charge is -2.07. The molecule has 0 aliphatic carbocycles. The van der Waals surface area contributed by atoms with Gasteiger partial charge in [-0.1, -0.05) is 12.1 Å². The average Bonchev–Trinajstić information content (AvgIpc) is 2.62. The number of rotatable bonds is 6. The molecule has 0 saturated heterocycles. The van der Waals surface area contributed by atoms with Crippen molar-refractivity contribution in [2.45, 2.75) is 11.3 Å². The Bertz CT molecular complexity index is 944. The van der Waals surface area contributed by atoms with Gasteiger partial charge in [0, 0.05) is 30.7 Å². The summed E-state index contributed by atoms with van der Waals surface area (Å²) < 4.78 is 22.5. The number of pyridine rings is 1. The number of benzene rings is 1. The molecular weight excluding hydrogens is 338 g/mol. The van der Waals surface area contributed by atoms with Gasteiger partial charge in [-0.05, 0) is 42.3 Å². The fourth-order valence-corrected chi connectivity index (χ4v) is 2.80. The largest absolute Gasteiger partial charge is 0.354 e. The van der Waals surface area contributed by atoms with E-state index in [4.69, 9.17) is 5.14 Å². The average molecular weight is 355 g/mol. The molecule has 0 fully saturated rings. The normalized spacial score (nSPS) is 11.2. The Kier molecular flexibility index (Phi) is 5.01. The summed E-state index contributed by atoms with van der Waals surface area (Å²) in [4.78, 5) is 12.9. The molecule has 0 unspecified atom stereocenters. The van der Waals surface area contributed by atoms with Crippen molar-refractivity contribution >= 4 is 16.0 Å². The van der Waals surface area contributed by atoms with E-state index in [1.807, 2.05) is 18.2 Å². The lowest BCUT2D eigenvalue weighted by molar-refractivity contribution is 0.598. The Balaban J connectivity index is 1.61. The molecule has 1 aromatic carbocycles. The van der Waals surface area contributed by atoms with Crippen LogP contribution in [0.4, 0.5) is 5.95 Å². The fourth-order valence-electron chi connectivity index (χ4n) is 2.28. The summed E-state index contributed by atoms with van der Waals surface area (Å²) in [5.41, 5.74) is 2.71. The summed E-state index contributed by atoms with van der Waals surface area (Å²) in [5.74, 6) is 0.530. The molecule has 3 rings (SSSR count). The minimum Gasteiger partial charge on any atom is -0.354 e. The number of hydrogen-bond donors (Lipinski definition) is 2. The molecular formula is C17H17N5O2S. The first kappa shape index (κ1) is 17.0. The molecule has 0 radical (unpaired) electrons. The van der Waals surface area contributed by atoms with Crippen molar-refractivity contribution in [3.05, 3.63) is 66.6 Å². The second-order valence-electron chi connectivity index (χ2n) is 5.37. The monoisotopic (exact) mass is 355 g/mol. The van der Waals surface area contributed by atoms with Gasteiger partial charge < -0.3 is 5.32 Å². The van der Waals surface area contributed by atoms with E-state index in [2.05, 4.69) is 20.3 Å². The highest BCUT2D eigenvalue weighted by Gasteiger charge is 2.07. The van der Waals surface area contributed by atoms with Gasteiger partial charge in [-0.3, -0.25) is 4.98 Å². The fraction of sp³-hybridized carbons (Fsp3) is 0.118. The highest BCUT2D eigenvalue weighted by molar-refractivity contribution is 7.89. The summed E-state index contributed by atoms with van der Waals surface area (Å²) in [7, 11) is -3.65. The van der Waals surface area contributed by atoms with Crippen LogP contribution in [0.2, 0.25) is 0 Å². The van der Waals surface area contributed by atoms with Crippen molar-refractivity contribution in [1.82, 2.24) is 15.0 Å². The zero-order valence-corrected chi connectivity index (χ0v) is 14.1. The third kappa shape index (κ3) is 4.59. The molecule has 3 N–H and O–H groups in total. The van der Waals surface area contributed by atoms with Gasteiger partial charge in [0.2, 0.25) is 16.0 Å². The number of aromatic nitrogens is 3. The highest BCUT2D eigenvalue weighted by atomic mass is 32.2. The van der Waals surface area contributed by atoms with Gasteiger partial charge in [-0.15, -0.1) is 0 Å². The van der Waals surface area contributed by atoms with Gasteiger partial charge in [0.15, 0.2) is 0 Å². The second kappa shape index (κ2) is 7.37. The van der Waals surface area contributed by atoms with Crippen molar-refractivity contribution in [3.63, 3.8) is 0 Å². The molecule has 25 heavy (non-hydrogen) atoms. The van der Waals surface area contributed by atoms with Crippen molar-refractivity contribution < 1.29 is 8.42 Å². The van der Waals surface area contributed by atoms with Gasteiger partial charge >= 0.3 is 0 Å². The topological polar surface area (TPSA) is 111 Å². The number of hydrogen-bond acceptors (Lipinski definition) is 6. The Morgan fingerprint density at radius 1 is 1.04 bits per heavy atom. The molecule has 2 heterocycles. The van der Waals surface area contributed by atoms with Crippen molar-refractivity contribution in [2.24, 2.45) is 5.14 Å². The van der Waals surface area contributed by atoms with Crippen LogP contribution in [0.3, 0.4) is 0 Å². The minimum absolute atomic E-state index is 0.108. The van der Waals surface area contributed by atoms with Crippen LogP contribution < -0.4 is 10.5 Å². The van der Waals surface area contributed by atoms with Crippen LogP contribution in [0, 0.1) is 0 Å². The third-order valence-electron chi connectivity index (χ3n) is 3.56. The Morgan fingerprint density at radius 3 is 2.52 bits per heavy atom. The molecule has 0 spiro atoms. The molecule has 7 nitrogen and oxygen atoms in total. The number of anilines is 1. The molecule has 0 saturated carbocycles. The summed E-state index contributed by atoms with van der Waals surface area (Å²) in [5, 5.41) is 8.25. The van der Waals surface area contributed by atoms with E-state index in [-0.39, 0.29) is 4.90 Å². The lowest BCUT2D eigenvalue weighted by Crippen LogP contribution is -2.12. The number of nitrogens with two attached hydrogens (primary N) is 1. The number of nitrogens with one attached hydrogen (secondary N) is 1. The van der Waals surface area contributed by atoms with E-state index in [0.717, 1.165) is 16.8 Å².